The molecule has 0 unspecified atom stereocenters. The van der Waals surface area contributed by atoms with E-state index >= 15 is 0 Å². The van der Waals surface area contributed by atoms with Crippen molar-refractivity contribution in [3.8, 4) is 11.5 Å². The molecule has 50 heavy (non-hydrogen) atoms. The van der Waals surface area contributed by atoms with Gasteiger partial charge in [0.05, 0.1) is 49.3 Å². The van der Waals surface area contributed by atoms with Crippen LogP contribution in [0.2, 0.25) is 0 Å². The lowest BCUT2D eigenvalue weighted by Crippen LogP contribution is -2.18. The second kappa shape index (κ2) is 9.56. The number of rotatable bonds is 2. The smallest absolute Gasteiger partial charge is 0.159 e. The molecular weight excluding hydrogens is 631 g/mol. The van der Waals surface area contributed by atoms with Crippen LogP contribution in [-0.4, -0.2) is 19.1 Å². The molecule has 12 rings (SSSR count). The van der Waals surface area contributed by atoms with Crippen LogP contribution in [0.15, 0.2) is 152 Å². The average molecular weight is 656 g/mol. The standard InChI is InChI=1S/C44H25N5S/c1-2-12-27(13-3-1)47-35-19-10-17-29-30-22-24-34-38(42(30)49(41(29)35)36-23-21-26-11-4-5-14-28(26)40(36)47)31-15-6-8-18-33(31)48(34)44-43-39(45-25-46-44)32-16-7-9-20-37(32)50-43/h1-25H. The van der Waals surface area contributed by atoms with Gasteiger partial charge in [0.15, 0.2) is 5.82 Å². The fourth-order valence-electron chi connectivity index (χ4n) is 8.53. The van der Waals surface area contributed by atoms with E-state index in [1.54, 1.807) is 17.7 Å². The fraction of sp³-hybridized carbons (Fsp3) is 0. The number of benzene rings is 7. The van der Waals surface area contributed by atoms with Gasteiger partial charge in [0.25, 0.3) is 0 Å². The van der Waals surface area contributed by atoms with Crippen molar-refractivity contribution in [2.45, 2.75) is 0 Å². The lowest BCUT2D eigenvalue weighted by Gasteiger charge is -2.34. The minimum Gasteiger partial charge on any atom is -0.306 e. The van der Waals surface area contributed by atoms with Gasteiger partial charge in [-0.05, 0) is 47.9 Å². The first-order valence-electron chi connectivity index (χ1n) is 16.8. The highest BCUT2D eigenvalue weighted by Crippen LogP contribution is 2.53. The Morgan fingerprint density at radius 1 is 0.480 bits per heavy atom. The second-order valence-electron chi connectivity index (χ2n) is 13.0. The second-order valence-corrected chi connectivity index (χ2v) is 14.1. The summed E-state index contributed by atoms with van der Waals surface area (Å²) >= 11 is 1.76. The van der Waals surface area contributed by atoms with E-state index in [0.717, 1.165) is 32.8 Å². The van der Waals surface area contributed by atoms with Gasteiger partial charge in [-0.1, -0.05) is 103 Å². The quantitative estimate of drug-likeness (QED) is 0.186. The molecule has 4 aromatic heterocycles. The maximum atomic E-state index is 5.00. The normalized spacial score (nSPS) is 12.8. The lowest BCUT2D eigenvalue weighted by molar-refractivity contribution is 1.08. The zero-order valence-corrected chi connectivity index (χ0v) is 27.4. The number of nitrogens with zero attached hydrogens (tertiary/aromatic N) is 5. The van der Waals surface area contributed by atoms with Crippen molar-refractivity contribution < 1.29 is 0 Å². The summed E-state index contributed by atoms with van der Waals surface area (Å²) in [5.41, 5.74) is 10.4. The van der Waals surface area contributed by atoms with Gasteiger partial charge in [0, 0.05) is 42.7 Å². The molecule has 0 amide bonds. The first kappa shape index (κ1) is 26.5. The van der Waals surface area contributed by atoms with Crippen LogP contribution in [0, 0.1) is 0 Å². The van der Waals surface area contributed by atoms with E-state index in [2.05, 4.69) is 160 Å². The molecule has 0 radical (unpaired) electrons. The summed E-state index contributed by atoms with van der Waals surface area (Å²) in [7, 11) is 0. The van der Waals surface area contributed by atoms with E-state index < -0.39 is 0 Å². The van der Waals surface area contributed by atoms with Crippen molar-refractivity contribution >= 4 is 103 Å². The molecule has 0 aliphatic carbocycles. The van der Waals surface area contributed by atoms with Gasteiger partial charge in [0.1, 0.15) is 6.33 Å². The highest BCUT2D eigenvalue weighted by atomic mass is 32.1. The summed E-state index contributed by atoms with van der Waals surface area (Å²) < 4.78 is 7.20. The predicted octanol–water partition coefficient (Wildman–Crippen LogP) is 12.0. The molecule has 0 fully saturated rings. The third kappa shape index (κ3) is 3.26. The molecule has 0 saturated heterocycles. The van der Waals surface area contributed by atoms with Gasteiger partial charge in [-0.3, -0.25) is 4.57 Å². The van der Waals surface area contributed by atoms with Crippen LogP contribution >= 0.6 is 11.3 Å². The molecule has 0 bridgehead atoms. The summed E-state index contributed by atoms with van der Waals surface area (Å²) in [4.78, 5) is 12.2. The number of thiophene rings is 1. The molecule has 0 N–H and O–H groups in total. The zero-order valence-electron chi connectivity index (χ0n) is 26.6. The summed E-state index contributed by atoms with van der Waals surface area (Å²) in [6, 6.07) is 52.8. The molecule has 232 valence electrons. The largest absolute Gasteiger partial charge is 0.306 e. The number of para-hydroxylation sites is 3. The molecule has 1 aliphatic rings. The topological polar surface area (TPSA) is 38.9 Å². The van der Waals surface area contributed by atoms with Gasteiger partial charge in [-0.15, -0.1) is 11.3 Å². The third-order valence-corrected chi connectivity index (χ3v) is 11.7. The van der Waals surface area contributed by atoms with Crippen LogP contribution in [0.4, 0.5) is 17.1 Å². The Labute approximate surface area is 289 Å². The number of hydrogen-bond acceptors (Lipinski definition) is 4. The summed E-state index contributed by atoms with van der Waals surface area (Å²) in [5, 5.41) is 8.51. The summed E-state index contributed by atoms with van der Waals surface area (Å²) in [6.45, 7) is 0. The Morgan fingerprint density at radius 3 is 2.16 bits per heavy atom. The Bertz CT molecular complexity index is 3220. The molecule has 0 atom stereocenters. The Balaban J connectivity index is 1.28. The monoisotopic (exact) mass is 655 g/mol. The highest BCUT2D eigenvalue weighted by Gasteiger charge is 2.31. The van der Waals surface area contributed by atoms with E-state index in [1.165, 1.54) is 70.5 Å². The summed E-state index contributed by atoms with van der Waals surface area (Å²) in [6.07, 6.45) is 1.72. The van der Waals surface area contributed by atoms with Crippen LogP contribution in [0.3, 0.4) is 0 Å². The minimum absolute atomic E-state index is 0.916. The molecule has 6 heteroatoms. The fourth-order valence-corrected chi connectivity index (χ4v) is 9.67. The van der Waals surface area contributed by atoms with Crippen molar-refractivity contribution in [3.63, 3.8) is 0 Å². The SMILES string of the molecule is c1ccc(N2c3c(ccc4ccccc34)-n3c4c2cccc4c2ccc4c(c5ccccc5n4-c4ncnc5c4sc4ccccc45)c23)cc1. The number of hydrogen-bond donors (Lipinski definition) is 0. The molecule has 5 heterocycles. The van der Waals surface area contributed by atoms with E-state index in [1.807, 2.05) is 0 Å². The van der Waals surface area contributed by atoms with Crippen molar-refractivity contribution in [1.29, 1.82) is 0 Å². The highest BCUT2D eigenvalue weighted by molar-refractivity contribution is 7.26. The molecule has 0 spiro atoms. The third-order valence-electron chi connectivity index (χ3n) is 10.5. The van der Waals surface area contributed by atoms with Crippen LogP contribution in [-0.2, 0) is 0 Å². The van der Waals surface area contributed by atoms with Gasteiger partial charge in [-0.2, -0.15) is 0 Å². The van der Waals surface area contributed by atoms with Gasteiger partial charge in [0.2, 0.25) is 0 Å². The van der Waals surface area contributed by atoms with Crippen LogP contribution < -0.4 is 4.90 Å². The first-order valence-corrected chi connectivity index (χ1v) is 17.7. The number of aromatic nitrogens is 4. The van der Waals surface area contributed by atoms with Crippen LogP contribution in [0.5, 0.6) is 0 Å². The van der Waals surface area contributed by atoms with Crippen LogP contribution in [0.1, 0.15) is 0 Å². The first-order chi connectivity index (χ1) is 24.8. The maximum absolute atomic E-state index is 5.00. The Hall–Kier alpha value is -6.50. The lowest BCUT2D eigenvalue weighted by atomic mass is 10.0. The predicted molar refractivity (Wildman–Crippen MR) is 209 cm³/mol. The Morgan fingerprint density at radius 2 is 1.24 bits per heavy atom. The molecule has 7 aromatic carbocycles. The maximum Gasteiger partial charge on any atom is 0.159 e. The van der Waals surface area contributed by atoms with E-state index in [-0.39, 0.29) is 0 Å². The van der Waals surface area contributed by atoms with Gasteiger partial charge >= 0.3 is 0 Å². The van der Waals surface area contributed by atoms with E-state index in [0.29, 0.717) is 0 Å². The molecule has 5 nitrogen and oxygen atoms in total. The molecule has 11 aromatic rings. The van der Waals surface area contributed by atoms with Crippen molar-refractivity contribution in [2.24, 2.45) is 0 Å². The zero-order chi connectivity index (χ0) is 32.5. The van der Waals surface area contributed by atoms with E-state index in [4.69, 9.17) is 9.97 Å². The van der Waals surface area contributed by atoms with Crippen molar-refractivity contribution in [1.82, 2.24) is 19.1 Å². The summed E-state index contributed by atoms with van der Waals surface area (Å²) in [5.74, 6) is 0.916. The van der Waals surface area contributed by atoms with Gasteiger partial charge in [-0.25, -0.2) is 9.97 Å². The Kier molecular flexibility index (Phi) is 5.06. The molecule has 1 aliphatic heterocycles. The number of fused-ring (bicyclic) bond motifs is 14. The average Bonchev–Trinajstić information content (AvgIpc) is 3.84. The van der Waals surface area contributed by atoms with E-state index in [9.17, 15) is 0 Å². The minimum atomic E-state index is 0.916. The molecular formula is C44H25N5S. The number of anilines is 3. The van der Waals surface area contributed by atoms with Gasteiger partial charge < -0.3 is 9.47 Å². The van der Waals surface area contributed by atoms with Crippen LogP contribution in [0.25, 0.3) is 86.2 Å². The van der Waals surface area contributed by atoms with Crippen molar-refractivity contribution in [3.05, 3.63) is 152 Å². The van der Waals surface area contributed by atoms with Crippen molar-refractivity contribution in [2.75, 3.05) is 4.90 Å². The molecule has 0 saturated carbocycles.